The van der Waals surface area contributed by atoms with Gasteiger partial charge in [-0.2, -0.15) is 5.10 Å². The lowest BCUT2D eigenvalue weighted by atomic mass is 10.2. The number of carbonyl (C=O) groups is 2. The van der Waals surface area contributed by atoms with Crippen LogP contribution in [0.1, 0.15) is 36.5 Å². The van der Waals surface area contributed by atoms with E-state index < -0.39 is 11.9 Å². The first-order chi connectivity index (χ1) is 13.7. The van der Waals surface area contributed by atoms with E-state index in [2.05, 4.69) is 25.8 Å². The highest BCUT2D eigenvalue weighted by atomic mass is 16.2. The lowest BCUT2D eigenvalue weighted by molar-refractivity contribution is -0.118. The van der Waals surface area contributed by atoms with Crippen LogP contribution in [0, 0.1) is 0 Å². The Morgan fingerprint density at radius 3 is 2.82 bits per heavy atom. The second-order valence-corrected chi connectivity index (χ2v) is 5.99. The smallest absolute Gasteiger partial charge is 0.291 e. The molecule has 1 atom stereocenters. The predicted molar refractivity (Wildman–Crippen MR) is 104 cm³/mol. The van der Waals surface area contributed by atoms with Gasteiger partial charge in [0.05, 0.1) is 12.7 Å². The van der Waals surface area contributed by atoms with E-state index in [0.29, 0.717) is 25.3 Å². The van der Waals surface area contributed by atoms with E-state index in [-0.39, 0.29) is 11.7 Å². The second kappa shape index (κ2) is 8.94. The molecule has 9 nitrogen and oxygen atoms in total. The molecule has 2 aromatic heterocycles. The molecule has 3 heterocycles. The SMILES string of the molecule is CC.O=C(N[C@H]1CCn2nccc2NC1=O)c1ncn(Cc2ccccc2)n1. The standard InChI is InChI=1S/C17H17N7O2.C2H6/c25-16-13(7-9-24-14(21-16)6-8-19-24)20-17(26)15-18-11-23(22-15)10-12-4-2-1-3-5-12;1-2/h1-6,8,11,13H,7,9-10H2,(H,20,26)(H,21,25);1-2H3/t13-;/m0./s1. The number of benzene rings is 1. The van der Waals surface area contributed by atoms with Gasteiger partial charge in [-0.05, 0) is 12.0 Å². The highest BCUT2D eigenvalue weighted by molar-refractivity contribution is 5.99. The van der Waals surface area contributed by atoms with Crippen molar-refractivity contribution in [3.05, 3.63) is 60.3 Å². The summed E-state index contributed by atoms with van der Waals surface area (Å²) in [6.07, 6.45) is 3.57. The molecule has 0 spiro atoms. The van der Waals surface area contributed by atoms with Crippen LogP contribution in [-0.2, 0) is 17.9 Å². The van der Waals surface area contributed by atoms with Gasteiger partial charge in [0, 0.05) is 12.6 Å². The summed E-state index contributed by atoms with van der Waals surface area (Å²) in [5.74, 6) is -0.0921. The van der Waals surface area contributed by atoms with E-state index >= 15 is 0 Å². The molecule has 3 aromatic rings. The molecule has 2 N–H and O–H groups in total. The van der Waals surface area contributed by atoms with Crippen molar-refractivity contribution in [1.82, 2.24) is 29.9 Å². The van der Waals surface area contributed by atoms with Gasteiger partial charge < -0.3 is 10.6 Å². The summed E-state index contributed by atoms with van der Waals surface area (Å²) in [4.78, 5) is 28.7. The molecule has 2 amide bonds. The van der Waals surface area contributed by atoms with Crippen molar-refractivity contribution in [1.29, 1.82) is 0 Å². The van der Waals surface area contributed by atoms with Crippen molar-refractivity contribution in [3.8, 4) is 0 Å². The topological polar surface area (TPSA) is 107 Å². The van der Waals surface area contributed by atoms with Crippen LogP contribution in [-0.4, -0.2) is 42.4 Å². The molecule has 0 bridgehead atoms. The number of rotatable bonds is 4. The fraction of sp³-hybridized carbons (Fsp3) is 0.316. The summed E-state index contributed by atoms with van der Waals surface area (Å²) < 4.78 is 3.28. The minimum Gasteiger partial charge on any atom is -0.337 e. The van der Waals surface area contributed by atoms with Crippen LogP contribution in [0.4, 0.5) is 5.82 Å². The number of aromatic nitrogens is 5. The number of carbonyl (C=O) groups excluding carboxylic acids is 2. The lowest BCUT2D eigenvalue weighted by Crippen LogP contribution is -2.43. The van der Waals surface area contributed by atoms with E-state index in [1.165, 1.54) is 6.33 Å². The van der Waals surface area contributed by atoms with Gasteiger partial charge in [0.2, 0.25) is 11.7 Å². The Morgan fingerprint density at radius 2 is 2.04 bits per heavy atom. The molecule has 0 unspecified atom stereocenters. The summed E-state index contributed by atoms with van der Waals surface area (Å²) in [5, 5.41) is 13.8. The molecule has 0 radical (unpaired) electrons. The Hall–Kier alpha value is -3.49. The molecule has 146 valence electrons. The lowest BCUT2D eigenvalue weighted by Gasteiger charge is -2.13. The van der Waals surface area contributed by atoms with Gasteiger partial charge in [0.1, 0.15) is 18.2 Å². The average molecular weight is 381 g/mol. The van der Waals surface area contributed by atoms with Crippen LogP contribution < -0.4 is 10.6 Å². The second-order valence-electron chi connectivity index (χ2n) is 5.99. The average Bonchev–Trinajstić information content (AvgIpc) is 3.34. The first-order valence-corrected chi connectivity index (χ1v) is 9.26. The Balaban J connectivity index is 0.00000109. The molecule has 0 saturated carbocycles. The van der Waals surface area contributed by atoms with Crippen molar-refractivity contribution in [2.75, 3.05) is 5.32 Å². The molecule has 1 aliphatic heterocycles. The maximum atomic E-state index is 12.4. The largest absolute Gasteiger partial charge is 0.337 e. The van der Waals surface area contributed by atoms with Crippen LogP contribution in [0.2, 0.25) is 0 Å². The fourth-order valence-corrected chi connectivity index (χ4v) is 2.82. The normalized spacial score (nSPS) is 15.5. The van der Waals surface area contributed by atoms with Gasteiger partial charge in [-0.3, -0.25) is 9.59 Å². The van der Waals surface area contributed by atoms with Gasteiger partial charge in [-0.1, -0.05) is 44.2 Å². The van der Waals surface area contributed by atoms with E-state index in [1.807, 2.05) is 44.2 Å². The minimum absolute atomic E-state index is 0.0377. The third-order valence-corrected chi connectivity index (χ3v) is 4.15. The zero-order chi connectivity index (χ0) is 19.9. The molecule has 0 saturated heterocycles. The quantitative estimate of drug-likeness (QED) is 0.715. The van der Waals surface area contributed by atoms with E-state index in [4.69, 9.17) is 0 Å². The third-order valence-electron chi connectivity index (χ3n) is 4.15. The monoisotopic (exact) mass is 381 g/mol. The summed E-state index contributed by atoms with van der Waals surface area (Å²) >= 11 is 0. The Kier molecular flexibility index (Phi) is 6.15. The van der Waals surface area contributed by atoms with Crippen molar-refractivity contribution in [3.63, 3.8) is 0 Å². The van der Waals surface area contributed by atoms with Crippen LogP contribution >= 0.6 is 0 Å². The van der Waals surface area contributed by atoms with Crippen LogP contribution in [0.3, 0.4) is 0 Å². The molecule has 1 aromatic carbocycles. The molecule has 0 fully saturated rings. The van der Waals surface area contributed by atoms with Crippen molar-refractivity contribution in [2.45, 2.75) is 39.4 Å². The number of hydrogen-bond acceptors (Lipinski definition) is 5. The molecular formula is C19H23N7O2. The molecule has 9 heteroatoms. The molecular weight excluding hydrogens is 358 g/mol. The maximum Gasteiger partial charge on any atom is 0.291 e. The summed E-state index contributed by atoms with van der Waals surface area (Å²) in [7, 11) is 0. The Morgan fingerprint density at radius 1 is 1.25 bits per heavy atom. The third kappa shape index (κ3) is 4.43. The maximum absolute atomic E-state index is 12.4. The number of nitrogens with zero attached hydrogens (tertiary/aromatic N) is 5. The summed E-state index contributed by atoms with van der Waals surface area (Å²) in [6.45, 7) is 5.05. The van der Waals surface area contributed by atoms with Gasteiger partial charge >= 0.3 is 0 Å². The zero-order valence-electron chi connectivity index (χ0n) is 15.9. The van der Waals surface area contributed by atoms with Crippen molar-refractivity contribution < 1.29 is 9.59 Å². The van der Waals surface area contributed by atoms with E-state index in [1.54, 1.807) is 21.6 Å². The van der Waals surface area contributed by atoms with Gasteiger partial charge in [0.15, 0.2) is 0 Å². The van der Waals surface area contributed by atoms with Crippen LogP contribution in [0.25, 0.3) is 0 Å². The highest BCUT2D eigenvalue weighted by Crippen LogP contribution is 2.13. The number of amides is 2. The molecule has 28 heavy (non-hydrogen) atoms. The van der Waals surface area contributed by atoms with Gasteiger partial charge in [-0.25, -0.2) is 14.3 Å². The number of fused-ring (bicyclic) bond motifs is 1. The molecule has 0 aliphatic carbocycles. The first kappa shape index (κ1) is 19.3. The number of hydrogen-bond donors (Lipinski definition) is 2. The predicted octanol–water partition coefficient (Wildman–Crippen LogP) is 1.69. The van der Waals surface area contributed by atoms with Crippen molar-refractivity contribution >= 4 is 17.6 Å². The number of nitrogens with one attached hydrogen (secondary N) is 2. The minimum atomic E-state index is -0.662. The Bertz CT molecular complexity index is 933. The molecule has 1 aliphatic rings. The number of anilines is 1. The highest BCUT2D eigenvalue weighted by Gasteiger charge is 2.26. The zero-order valence-corrected chi connectivity index (χ0v) is 15.9. The first-order valence-electron chi connectivity index (χ1n) is 9.26. The fourth-order valence-electron chi connectivity index (χ4n) is 2.82. The number of aryl methyl sites for hydroxylation is 1. The van der Waals surface area contributed by atoms with E-state index in [0.717, 1.165) is 5.56 Å². The van der Waals surface area contributed by atoms with Crippen molar-refractivity contribution in [2.24, 2.45) is 0 Å². The van der Waals surface area contributed by atoms with Gasteiger partial charge in [-0.15, -0.1) is 5.10 Å². The summed E-state index contributed by atoms with van der Waals surface area (Å²) in [6, 6.07) is 10.8. The van der Waals surface area contributed by atoms with Crippen LogP contribution in [0.15, 0.2) is 48.9 Å². The van der Waals surface area contributed by atoms with Crippen LogP contribution in [0.5, 0.6) is 0 Å². The van der Waals surface area contributed by atoms with E-state index in [9.17, 15) is 9.59 Å². The van der Waals surface area contributed by atoms with Gasteiger partial charge in [0.25, 0.3) is 5.91 Å². The molecule has 4 rings (SSSR count). The Labute approximate surface area is 162 Å². The summed E-state index contributed by atoms with van der Waals surface area (Å²) in [5.41, 5.74) is 1.06.